The van der Waals surface area contributed by atoms with Crippen LogP contribution < -0.4 is 31.8 Å². The van der Waals surface area contributed by atoms with E-state index >= 15 is 0 Å². The van der Waals surface area contributed by atoms with Gasteiger partial charge in [0.2, 0.25) is 0 Å². The van der Waals surface area contributed by atoms with Gasteiger partial charge in [-0.1, -0.05) is 218 Å². The van der Waals surface area contributed by atoms with E-state index in [4.69, 9.17) is 0 Å². The Morgan fingerprint density at radius 1 is 0.412 bits per heavy atom. The largest absolute Gasteiger partial charge is 0.436 e. The van der Waals surface area contributed by atoms with E-state index in [2.05, 4.69) is 225 Å². The minimum Gasteiger partial charge on any atom is -0.436 e. The maximum absolute atomic E-state index is 12.0. The molecule has 0 saturated heterocycles. The zero-order chi connectivity index (χ0) is 47.8. The van der Waals surface area contributed by atoms with Crippen LogP contribution in [0.5, 0.6) is 0 Å². The van der Waals surface area contributed by atoms with Crippen molar-refractivity contribution in [3.05, 3.63) is 254 Å². The maximum Gasteiger partial charge on any atom is 0.0893 e. The van der Waals surface area contributed by atoms with Gasteiger partial charge in [-0.2, -0.15) is 0 Å². The van der Waals surface area contributed by atoms with Crippen molar-refractivity contribution >= 4 is 54.0 Å². The Bertz CT molecular complexity index is 2260. The molecule has 0 N–H and O–H groups in total. The Labute approximate surface area is 415 Å². The molecule has 9 rings (SSSR count). The van der Waals surface area contributed by atoms with E-state index in [0.29, 0.717) is 12.1 Å². The van der Waals surface area contributed by atoms with E-state index in [1.807, 2.05) is 36.4 Å². The molecule has 0 bridgehead atoms. The number of nitrogens with zero attached hydrogens (tertiary/aromatic N) is 2. The first-order valence-electron chi connectivity index (χ1n) is 22.2. The first-order valence-corrected chi connectivity index (χ1v) is 24.8. The van der Waals surface area contributed by atoms with Crippen molar-refractivity contribution in [1.82, 2.24) is 4.90 Å². The maximum atomic E-state index is 12.0. The molecule has 0 atom stereocenters. The molecule has 0 aliphatic carbocycles. The van der Waals surface area contributed by atoms with Gasteiger partial charge >= 0.3 is 0 Å². The summed E-state index contributed by atoms with van der Waals surface area (Å²) in [5.74, 6) is -10.0. The van der Waals surface area contributed by atoms with Crippen LogP contribution in [0.1, 0.15) is 34.1 Å². The van der Waals surface area contributed by atoms with Crippen LogP contribution in [0.4, 0.5) is 22.0 Å². The first-order chi connectivity index (χ1) is 32.5. The summed E-state index contributed by atoms with van der Waals surface area (Å²) in [7, 11) is -0.892. The minimum atomic E-state index is -2.17. The van der Waals surface area contributed by atoms with Crippen LogP contribution in [0.2, 0.25) is 0 Å². The molecule has 68 heavy (non-hydrogen) atoms. The van der Waals surface area contributed by atoms with Gasteiger partial charge in [0.15, 0.2) is 0 Å². The summed E-state index contributed by atoms with van der Waals surface area (Å²) in [4.78, 5) is 2.30. The summed E-state index contributed by atoms with van der Waals surface area (Å²) in [5, 5.41) is 8.39. The zero-order valence-electron chi connectivity index (χ0n) is 38.6. The zero-order valence-corrected chi connectivity index (χ0v) is 42.0. The standard InChI is InChI=1S/2C18H15P.C10H20N2.C6F5.C6H6.Rh/c2*1-4-10-16(11-5-1)19(17-12-6-2-7-13-17)18-14-8-3-9-15-18;1-9(2)11-6-5-7-12(8-11)10(3)4;7-2-1-3(8)5(10)6(11)4(2)9;1-2-4-6-5-3-1;/h2*1-15H;9-10H,5-7H2,1-4H3;;1-6H;/q;;;-1;;. The monoisotopic (exact) mass is 1040 g/mol. The molecule has 0 aromatic heterocycles. The van der Waals surface area contributed by atoms with E-state index < -0.39 is 44.9 Å². The fraction of sp³-hybridized carbons (Fsp3) is 0.155. The van der Waals surface area contributed by atoms with Crippen LogP contribution in [0.3, 0.4) is 0 Å². The van der Waals surface area contributed by atoms with Crippen molar-refractivity contribution in [1.29, 1.82) is 0 Å². The van der Waals surface area contributed by atoms with Gasteiger partial charge in [-0.3, -0.25) is 8.78 Å². The smallest absolute Gasteiger partial charge is 0.0893 e. The van der Waals surface area contributed by atoms with Crippen LogP contribution in [-0.4, -0.2) is 41.0 Å². The van der Waals surface area contributed by atoms with Crippen molar-refractivity contribution in [2.45, 2.75) is 46.2 Å². The van der Waals surface area contributed by atoms with Gasteiger partial charge in [0.05, 0.1) is 54.3 Å². The van der Waals surface area contributed by atoms with Crippen molar-refractivity contribution in [3.63, 3.8) is 0 Å². The Morgan fingerprint density at radius 2 is 0.662 bits per heavy atom. The number of benzene rings is 8. The van der Waals surface area contributed by atoms with Gasteiger partial charge in [-0.05, 0) is 75.4 Å². The number of halogens is 5. The summed E-state index contributed by atoms with van der Waals surface area (Å²) < 4.78 is 62.2. The molecule has 1 heterocycles. The topological polar surface area (TPSA) is 6.25 Å². The molecule has 1 aliphatic heterocycles. The van der Waals surface area contributed by atoms with E-state index in [9.17, 15) is 22.0 Å². The normalized spacial score (nSPS) is 11.6. The minimum absolute atomic E-state index is 0. The van der Waals surface area contributed by atoms with Gasteiger partial charge < -0.3 is 9.48 Å². The van der Waals surface area contributed by atoms with Crippen LogP contribution in [0.15, 0.2) is 218 Å². The van der Waals surface area contributed by atoms with Crippen molar-refractivity contribution < 1.29 is 46.0 Å². The molecule has 0 unspecified atom stereocenters. The van der Waals surface area contributed by atoms with Crippen LogP contribution in [0, 0.1) is 35.2 Å². The SMILES string of the molecule is CC(C)N1[C-]=[N+](C(C)C)CCC1.Fc1[c-]c(F)c(F)c(F)c1F.[Rh].c1ccc(P(c2ccccc2)c2ccccc2)cc1.c1ccc(P(c2ccccc2)c2ccccc2)cc1.c1ccccc1. The Morgan fingerprint density at radius 3 is 0.897 bits per heavy atom. The Balaban J connectivity index is 0.000000193. The van der Waals surface area contributed by atoms with Gasteiger partial charge in [0.1, 0.15) is 0 Å². The quantitative estimate of drug-likeness (QED) is 0.0280. The molecule has 10 heteroatoms. The molecular formula is C58H56F5N2P2Rh-. The number of rotatable bonds is 8. The van der Waals surface area contributed by atoms with Crippen LogP contribution >= 0.6 is 15.8 Å². The fourth-order valence-electron chi connectivity index (χ4n) is 6.66. The number of hydrogen-bond donors (Lipinski definition) is 0. The Kier molecular flexibility index (Phi) is 24.2. The van der Waals surface area contributed by atoms with Crippen molar-refractivity contribution in [2.75, 3.05) is 13.1 Å². The van der Waals surface area contributed by atoms with E-state index in [0.717, 1.165) is 6.07 Å². The molecule has 0 amide bonds. The second kappa shape index (κ2) is 30.0. The molecular weight excluding hydrogens is 984 g/mol. The summed E-state index contributed by atoms with van der Waals surface area (Å²) in [6.45, 7) is 11.2. The third kappa shape index (κ3) is 17.5. The second-order valence-electron chi connectivity index (χ2n) is 15.6. The summed E-state index contributed by atoms with van der Waals surface area (Å²) in [6.07, 6.45) is 4.69. The molecule has 353 valence electrons. The summed E-state index contributed by atoms with van der Waals surface area (Å²) in [5.41, 5.74) is 0. The predicted octanol–water partition coefficient (Wildman–Crippen LogP) is 12.2. The third-order valence-electron chi connectivity index (χ3n) is 10.0. The van der Waals surface area contributed by atoms with Gasteiger partial charge in [-0.25, -0.2) is 13.2 Å². The van der Waals surface area contributed by atoms with E-state index in [1.54, 1.807) is 0 Å². The Hall–Kier alpha value is -5.64. The molecule has 0 spiro atoms. The van der Waals surface area contributed by atoms with Gasteiger partial charge in [0, 0.05) is 25.9 Å². The fourth-order valence-corrected chi connectivity index (χ4v) is 11.3. The van der Waals surface area contributed by atoms with Gasteiger partial charge in [0.25, 0.3) is 0 Å². The van der Waals surface area contributed by atoms with Crippen molar-refractivity contribution in [3.8, 4) is 0 Å². The third-order valence-corrected chi connectivity index (χ3v) is 14.9. The van der Waals surface area contributed by atoms with Gasteiger partial charge in [-0.15, -0.1) is 12.4 Å². The van der Waals surface area contributed by atoms with Crippen LogP contribution in [-0.2, 0) is 19.5 Å². The summed E-state index contributed by atoms with van der Waals surface area (Å²) >= 11 is 0. The molecule has 2 nitrogen and oxygen atoms in total. The second-order valence-corrected chi connectivity index (χ2v) is 20.0. The molecule has 8 aromatic rings. The summed E-state index contributed by atoms with van der Waals surface area (Å²) in [6, 6.07) is 78.9. The molecule has 0 saturated carbocycles. The molecule has 1 aliphatic rings. The number of hydrogen-bond acceptors (Lipinski definition) is 1. The predicted molar refractivity (Wildman–Crippen MR) is 274 cm³/mol. The van der Waals surface area contributed by atoms with Crippen LogP contribution in [0.25, 0.3) is 0 Å². The molecule has 0 fully saturated rings. The van der Waals surface area contributed by atoms with E-state index in [1.165, 1.54) is 51.3 Å². The molecule has 1 radical (unpaired) electrons. The first kappa shape index (κ1) is 55.0. The average Bonchev–Trinajstić information content (AvgIpc) is 3.38. The van der Waals surface area contributed by atoms with Crippen molar-refractivity contribution in [2.24, 2.45) is 0 Å². The average molecular weight is 1040 g/mol. The molecule has 8 aromatic carbocycles. The van der Waals surface area contributed by atoms with E-state index in [-0.39, 0.29) is 19.5 Å².